The van der Waals surface area contributed by atoms with E-state index in [1.54, 1.807) is 16.9 Å². The normalized spacial score (nSPS) is 12.1. The van der Waals surface area contributed by atoms with E-state index in [-0.39, 0.29) is 11.9 Å². The minimum atomic E-state index is -0.167. The quantitative estimate of drug-likeness (QED) is 0.559. The lowest BCUT2D eigenvalue weighted by Crippen LogP contribution is -2.28. The van der Waals surface area contributed by atoms with Crippen LogP contribution in [0.4, 0.5) is 0 Å². The van der Waals surface area contributed by atoms with Crippen molar-refractivity contribution in [3.8, 4) is 11.3 Å². The maximum Gasteiger partial charge on any atom is 0.257 e. The number of rotatable bonds is 5. The van der Waals surface area contributed by atoms with Crippen molar-refractivity contribution in [1.82, 2.24) is 19.9 Å². The average molecular weight is 370 g/mol. The first kappa shape index (κ1) is 17.9. The van der Waals surface area contributed by atoms with Crippen molar-refractivity contribution in [2.45, 2.75) is 26.3 Å². The molecule has 1 amide bonds. The number of amides is 1. The predicted octanol–water partition coefficient (Wildman–Crippen LogP) is 4.59. The third-order valence-electron chi connectivity index (χ3n) is 4.91. The molecule has 4 aromatic rings. The van der Waals surface area contributed by atoms with Crippen molar-refractivity contribution in [3.63, 3.8) is 0 Å². The van der Waals surface area contributed by atoms with Gasteiger partial charge in [0.25, 0.3) is 5.91 Å². The van der Waals surface area contributed by atoms with Crippen LogP contribution in [0.5, 0.6) is 0 Å². The lowest BCUT2D eigenvalue weighted by Gasteiger charge is -2.17. The van der Waals surface area contributed by atoms with Gasteiger partial charge in [-0.05, 0) is 25.0 Å². The monoisotopic (exact) mass is 370 g/mol. The Morgan fingerprint density at radius 2 is 1.82 bits per heavy atom. The van der Waals surface area contributed by atoms with Crippen LogP contribution in [0.15, 0.2) is 73.1 Å². The van der Waals surface area contributed by atoms with Crippen LogP contribution in [-0.2, 0) is 0 Å². The van der Waals surface area contributed by atoms with Gasteiger partial charge in [-0.25, -0.2) is 9.50 Å². The number of hydrogen-bond donors (Lipinski definition) is 1. The fourth-order valence-corrected chi connectivity index (χ4v) is 3.34. The van der Waals surface area contributed by atoms with Crippen LogP contribution < -0.4 is 5.32 Å². The molecule has 0 aliphatic heterocycles. The van der Waals surface area contributed by atoms with Crippen molar-refractivity contribution in [2.75, 3.05) is 0 Å². The molecule has 0 fully saturated rings. The van der Waals surface area contributed by atoms with Gasteiger partial charge in [-0.15, -0.1) is 0 Å². The van der Waals surface area contributed by atoms with Crippen LogP contribution in [-0.4, -0.2) is 20.5 Å². The van der Waals surface area contributed by atoms with Gasteiger partial charge in [0.2, 0.25) is 0 Å². The molecule has 0 saturated heterocycles. The molecule has 0 saturated carbocycles. The van der Waals surface area contributed by atoms with Crippen molar-refractivity contribution in [1.29, 1.82) is 0 Å². The van der Waals surface area contributed by atoms with Crippen LogP contribution in [0.3, 0.4) is 0 Å². The van der Waals surface area contributed by atoms with Crippen molar-refractivity contribution < 1.29 is 4.79 Å². The number of nitrogens with one attached hydrogen (secondary N) is 1. The highest BCUT2D eigenvalue weighted by atomic mass is 16.1. The first-order valence-corrected chi connectivity index (χ1v) is 9.43. The molecule has 4 rings (SSSR count). The summed E-state index contributed by atoms with van der Waals surface area (Å²) in [6.45, 7) is 4.11. The van der Waals surface area contributed by atoms with Gasteiger partial charge in [0.1, 0.15) is 5.56 Å². The van der Waals surface area contributed by atoms with Crippen LogP contribution in [0, 0.1) is 6.92 Å². The van der Waals surface area contributed by atoms with Gasteiger partial charge < -0.3 is 5.32 Å². The third-order valence-corrected chi connectivity index (χ3v) is 4.91. The number of carbonyl (C=O) groups is 1. The molecule has 2 aromatic carbocycles. The van der Waals surface area contributed by atoms with E-state index in [4.69, 9.17) is 0 Å². The molecule has 1 unspecified atom stereocenters. The Kier molecular flexibility index (Phi) is 4.89. The van der Waals surface area contributed by atoms with Crippen LogP contribution in [0.2, 0.25) is 0 Å². The summed E-state index contributed by atoms with van der Waals surface area (Å²) in [5.74, 6) is -0.167. The zero-order valence-corrected chi connectivity index (χ0v) is 16.0. The molecular formula is C23H22N4O. The van der Waals surface area contributed by atoms with E-state index in [9.17, 15) is 4.79 Å². The standard InChI is InChI=1S/C23H22N4O/c1-3-20(17-7-5-4-6-8-17)26-23(28)19-15-25-27-21(13-14-24-22(19)27)18-11-9-16(2)10-12-18/h4-15,20H,3H2,1-2H3,(H,26,28). The molecular weight excluding hydrogens is 348 g/mol. The van der Waals surface area contributed by atoms with Crippen molar-refractivity contribution >= 4 is 11.6 Å². The molecule has 0 radical (unpaired) electrons. The Balaban J connectivity index is 1.67. The highest BCUT2D eigenvalue weighted by Gasteiger charge is 2.19. The van der Waals surface area contributed by atoms with Crippen LogP contribution in [0.1, 0.15) is 40.9 Å². The topological polar surface area (TPSA) is 59.3 Å². The summed E-state index contributed by atoms with van der Waals surface area (Å²) in [6.07, 6.45) is 4.11. The van der Waals surface area contributed by atoms with E-state index >= 15 is 0 Å². The SMILES string of the molecule is CCC(NC(=O)c1cnn2c(-c3ccc(C)cc3)ccnc12)c1ccccc1. The maximum absolute atomic E-state index is 13.0. The number of nitrogens with zero attached hydrogens (tertiary/aromatic N) is 3. The molecule has 5 heteroatoms. The van der Waals surface area contributed by atoms with E-state index in [2.05, 4.69) is 41.4 Å². The molecule has 0 aliphatic carbocycles. The average Bonchev–Trinajstić information content (AvgIpc) is 3.17. The summed E-state index contributed by atoms with van der Waals surface area (Å²) in [6, 6.07) is 20.1. The zero-order chi connectivity index (χ0) is 19.5. The summed E-state index contributed by atoms with van der Waals surface area (Å²) >= 11 is 0. The zero-order valence-electron chi connectivity index (χ0n) is 16.0. The lowest BCUT2D eigenvalue weighted by atomic mass is 10.0. The fraction of sp³-hybridized carbons (Fsp3) is 0.174. The number of benzene rings is 2. The Morgan fingerprint density at radius 3 is 2.54 bits per heavy atom. The number of aromatic nitrogens is 3. The first-order valence-electron chi connectivity index (χ1n) is 9.43. The Labute approximate surface area is 164 Å². The smallest absolute Gasteiger partial charge is 0.257 e. The second kappa shape index (κ2) is 7.64. The molecule has 1 N–H and O–H groups in total. The second-order valence-electron chi connectivity index (χ2n) is 6.83. The van der Waals surface area contributed by atoms with Gasteiger partial charge in [-0.2, -0.15) is 5.10 Å². The molecule has 28 heavy (non-hydrogen) atoms. The predicted molar refractivity (Wildman–Crippen MR) is 110 cm³/mol. The van der Waals surface area contributed by atoms with Crippen LogP contribution >= 0.6 is 0 Å². The van der Waals surface area contributed by atoms with Gasteiger partial charge >= 0.3 is 0 Å². The number of aryl methyl sites for hydroxylation is 1. The van der Waals surface area contributed by atoms with E-state index in [0.29, 0.717) is 11.2 Å². The van der Waals surface area contributed by atoms with Gasteiger partial charge in [0.15, 0.2) is 5.65 Å². The molecule has 0 bridgehead atoms. The van der Waals surface area contributed by atoms with E-state index < -0.39 is 0 Å². The van der Waals surface area contributed by atoms with E-state index in [0.717, 1.165) is 23.2 Å². The molecule has 5 nitrogen and oxygen atoms in total. The molecule has 0 aliphatic rings. The Morgan fingerprint density at radius 1 is 1.07 bits per heavy atom. The van der Waals surface area contributed by atoms with E-state index in [1.165, 1.54) is 5.56 Å². The summed E-state index contributed by atoms with van der Waals surface area (Å²) in [5, 5.41) is 7.55. The van der Waals surface area contributed by atoms with Gasteiger partial charge in [-0.3, -0.25) is 4.79 Å². The summed E-state index contributed by atoms with van der Waals surface area (Å²) in [5.41, 5.74) is 5.24. The highest BCUT2D eigenvalue weighted by Crippen LogP contribution is 2.22. The van der Waals surface area contributed by atoms with Gasteiger partial charge in [0.05, 0.1) is 17.9 Å². The Bertz CT molecular complexity index is 1100. The van der Waals surface area contributed by atoms with Crippen molar-refractivity contribution in [3.05, 3.63) is 89.7 Å². The highest BCUT2D eigenvalue weighted by molar-refractivity contribution is 6.00. The summed E-state index contributed by atoms with van der Waals surface area (Å²) in [7, 11) is 0. The largest absolute Gasteiger partial charge is 0.345 e. The first-order chi connectivity index (χ1) is 13.7. The third kappa shape index (κ3) is 3.39. The second-order valence-corrected chi connectivity index (χ2v) is 6.83. The molecule has 2 aromatic heterocycles. The number of fused-ring (bicyclic) bond motifs is 1. The van der Waals surface area contributed by atoms with Crippen LogP contribution in [0.25, 0.3) is 16.9 Å². The number of hydrogen-bond acceptors (Lipinski definition) is 3. The minimum Gasteiger partial charge on any atom is -0.345 e. The maximum atomic E-state index is 13.0. The van der Waals surface area contributed by atoms with E-state index in [1.807, 2.05) is 48.5 Å². The van der Waals surface area contributed by atoms with Crippen molar-refractivity contribution in [2.24, 2.45) is 0 Å². The molecule has 1 atom stereocenters. The summed E-state index contributed by atoms with van der Waals surface area (Å²) in [4.78, 5) is 17.4. The molecule has 140 valence electrons. The molecule has 2 heterocycles. The molecule has 0 spiro atoms. The Hall–Kier alpha value is -3.47. The number of carbonyl (C=O) groups excluding carboxylic acids is 1. The minimum absolute atomic E-state index is 0.0519. The fourth-order valence-electron chi connectivity index (χ4n) is 3.34. The van der Waals surface area contributed by atoms with Gasteiger partial charge in [-0.1, -0.05) is 67.1 Å². The van der Waals surface area contributed by atoms with Gasteiger partial charge in [0, 0.05) is 11.8 Å². The summed E-state index contributed by atoms with van der Waals surface area (Å²) < 4.78 is 1.73. The lowest BCUT2D eigenvalue weighted by molar-refractivity contribution is 0.0937.